The maximum atomic E-state index is 11.3. The number of nitrogen functional groups attached to an aromatic ring is 1. The Morgan fingerprint density at radius 1 is 1.35 bits per heavy atom. The average molecular weight is 313 g/mol. The Morgan fingerprint density at radius 3 is 2.57 bits per heavy atom. The molecule has 0 aliphatic rings. The molecule has 116 valence electrons. The number of aryl methyl sites for hydroxylation is 1. The topological polar surface area (TPSA) is 137 Å². The van der Waals surface area contributed by atoms with Crippen LogP contribution in [0.3, 0.4) is 0 Å². The smallest absolute Gasteiger partial charge is 0.354 e. The van der Waals surface area contributed by atoms with E-state index in [1.807, 2.05) is 0 Å². The molecule has 0 spiro atoms. The molecule has 3 N–H and O–H groups in total. The summed E-state index contributed by atoms with van der Waals surface area (Å²) in [5, 5.41) is 24.5. The molecule has 2 heterocycles. The zero-order valence-corrected chi connectivity index (χ0v) is 11.9. The highest BCUT2D eigenvalue weighted by Gasteiger charge is 2.18. The number of aromatic nitrogens is 3. The number of fused-ring (bicyclic) bond motifs is 1. The van der Waals surface area contributed by atoms with Gasteiger partial charge in [0, 0.05) is 19.2 Å². The Kier molecular flexibility index (Phi) is 3.17. The van der Waals surface area contributed by atoms with Crippen molar-refractivity contribution in [3.8, 4) is 11.1 Å². The number of nitrogens with two attached hydrogens (primary N) is 1. The number of pyridine rings is 1. The largest absolute Gasteiger partial charge is 0.477 e. The summed E-state index contributed by atoms with van der Waals surface area (Å²) in [4.78, 5) is 25.6. The third-order valence-electron chi connectivity index (χ3n) is 3.43. The van der Waals surface area contributed by atoms with Gasteiger partial charge in [-0.2, -0.15) is 5.10 Å². The summed E-state index contributed by atoms with van der Waals surface area (Å²) < 4.78 is 1.39. The molecule has 3 aromatic rings. The summed E-state index contributed by atoms with van der Waals surface area (Å²) in [6.07, 6.45) is 0. The highest BCUT2D eigenvalue weighted by molar-refractivity contribution is 6.03. The van der Waals surface area contributed by atoms with Crippen molar-refractivity contribution in [3.05, 3.63) is 46.1 Å². The Hall–Kier alpha value is -3.49. The number of nitro groups is 1. The molecular formula is C14H11N5O4. The van der Waals surface area contributed by atoms with Crippen molar-refractivity contribution in [1.82, 2.24) is 14.8 Å². The monoisotopic (exact) mass is 313 g/mol. The molecule has 0 saturated carbocycles. The number of aromatic carboxylic acids is 1. The zero-order chi connectivity index (χ0) is 16.7. The first-order valence-electron chi connectivity index (χ1n) is 6.50. The van der Waals surface area contributed by atoms with Gasteiger partial charge in [0.2, 0.25) is 0 Å². The summed E-state index contributed by atoms with van der Waals surface area (Å²) in [5.74, 6) is -0.977. The molecule has 0 aliphatic heterocycles. The van der Waals surface area contributed by atoms with Crippen LogP contribution < -0.4 is 5.73 Å². The van der Waals surface area contributed by atoms with Crippen LogP contribution in [0.25, 0.3) is 22.2 Å². The second-order valence-electron chi connectivity index (χ2n) is 4.87. The first kappa shape index (κ1) is 14.4. The Bertz CT molecular complexity index is 946. The van der Waals surface area contributed by atoms with Crippen molar-refractivity contribution in [2.45, 2.75) is 0 Å². The van der Waals surface area contributed by atoms with Gasteiger partial charge in [0.25, 0.3) is 5.69 Å². The van der Waals surface area contributed by atoms with E-state index < -0.39 is 10.9 Å². The summed E-state index contributed by atoms with van der Waals surface area (Å²) in [6, 6.07) is 7.13. The molecule has 0 bridgehead atoms. The Labute approximate surface area is 129 Å². The second kappa shape index (κ2) is 5.05. The van der Waals surface area contributed by atoms with Crippen molar-refractivity contribution < 1.29 is 14.8 Å². The summed E-state index contributed by atoms with van der Waals surface area (Å²) in [5.41, 5.74) is 7.10. The Balaban J connectivity index is 2.30. The van der Waals surface area contributed by atoms with Crippen LogP contribution in [0.1, 0.15) is 10.5 Å². The lowest BCUT2D eigenvalue weighted by molar-refractivity contribution is -0.384. The first-order chi connectivity index (χ1) is 10.9. The van der Waals surface area contributed by atoms with Crippen LogP contribution in [0.5, 0.6) is 0 Å². The lowest BCUT2D eigenvalue weighted by Crippen LogP contribution is -2.03. The van der Waals surface area contributed by atoms with Gasteiger partial charge in [-0.3, -0.25) is 10.1 Å². The molecule has 23 heavy (non-hydrogen) atoms. The van der Waals surface area contributed by atoms with Gasteiger partial charge in [-0.25, -0.2) is 14.5 Å². The lowest BCUT2D eigenvalue weighted by Gasteiger charge is -2.06. The first-order valence-corrected chi connectivity index (χ1v) is 6.50. The van der Waals surface area contributed by atoms with Crippen LogP contribution in [0.15, 0.2) is 30.3 Å². The summed E-state index contributed by atoms with van der Waals surface area (Å²) in [7, 11) is 1.61. The average Bonchev–Trinajstić information content (AvgIpc) is 2.81. The number of carboxylic acids is 1. The molecule has 0 amide bonds. The molecule has 0 atom stereocenters. The molecule has 3 rings (SSSR count). The van der Waals surface area contributed by atoms with Gasteiger partial charge in [-0.1, -0.05) is 0 Å². The maximum Gasteiger partial charge on any atom is 0.354 e. The van der Waals surface area contributed by atoms with E-state index in [4.69, 9.17) is 5.73 Å². The minimum atomic E-state index is -1.19. The van der Waals surface area contributed by atoms with Gasteiger partial charge in [0.1, 0.15) is 0 Å². The van der Waals surface area contributed by atoms with Crippen molar-refractivity contribution in [2.75, 3.05) is 5.73 Å². The van der Waals surface area contributed by atoms with E-state index in [0.717, 1.165) is 0 Å². The minimum Gasteiger partial charge on any atom is -0.477 e. The number of nitrogens with zero attached hydrogens (tertiary/aromatic N) is 4. The normalized spacial score (nSPS) is 10.8. The van der Waals surface area contributed by atoms with Gasteiger partial charge >= 0.3 is 5.97 Å². The third kappa shape index (κ3) is 2.33. The predicted octanol–water partition coefficient (Wildman–Crippen LogP) is 1.82. The number of non-ortho nitro benzene ring substituents is 1. The molecule has 0 radical (unpaired) electrons. The highest BCUT2D eigenvalue weighted by Crippen LogP contribution is 2.33. The fourth-order valence-corrected chi connectivity index (χ4v) is 2.38. The Morgan fingerprint density at radius 2 is 2.00 bits per heavy atom. The van der Waals surface area contributed by atoms with E-state index in [9.17, 15) is 20.0 Å². The summed E-state index contributed by atoms with van der Waals surface area (Å²) >= 11 is 0. The van der Waals surface area contributed by atoms with Gasteiger partial charge in [0.05, 0.1) is 10.3 Å². The maximum absolute atomic E-state index is 11.3. The number of carbonyl (C=O) groups is 1. The zero-order valence-electron chi connectivity index (χ0n) is 11.9. The third-order valence-corrected chi connectivity index (χ3v) is 3.43. The number of nitro benzene ring substituents is 1. The SMILES string of the molecule is Cn1nc(N)c2c(-c3ccc([N+](=O)[O-])cc3)cc(C(=O)O)nc21. The van der Waals surface area contributed by atoms with E-state index in [0.29, 0.717) is 22.2 Å². The molecule has 0 aliphatic carbocycles. The van der Waals surface area contributed by atoms with Crippen LogP contribution in [0.4, 0.5) is 11.5 Å². The van der Waals surface area contributed by atoms with Crippen LogP contribution >= 0.6 is 0 Å². The van der Waals surface area contributed by atoms with Crippen molar-refractivity contribution >= 4 is 28.5 Å². The van der Waals surface area contributed by atoms with Crippen LogP contribution in [0, 0.1) is 10.1 Å². The quantitative estimate of drug-likeness (QED) is 0.555. The molecule has 1 aromatic carbocycles. The van der Waals surface area contributed by atoms with Crippen molar-refractivity contribution in [2.24, 2.45) is 7.05 Å². The van der Waals surface area contributed by atoms with E-state index in [-0.39, 0.29) is 17.2 Å². The molecule has 9 heteroatoms. The van der Waals surface area contributed by atoms with E-state index in [2.05, 4.69) is 10.1 Å². The number of hydrogen-bond donors (Lipinski definition) is 2. The second-order valence-corrected chi connectivity index (χ2v) is 4.87. The lowest BCUT2D eigenvalue weighted by atomic mass is 10.0. The molecule has 2 aromatic heterocycles. The fraction of sp³-hybridized carbons (Fsp3) is 0.0714. The molecule has 9 nitrogen and oxygen atoms in total. The van der Waals surface area contributed by atoms with Gasteiger partial charge in [-0.15, -0.1) is 0 Å². The predicted molar refractivity (Wildman–Crippen MR) is 82.0 cm³/mol. The van der Waals surface area contributed by atoms with Gasteiger partial charge < -0.3 is 10.8 Å². The van der Waals surface area contributed by atoms with E-state index >= 15 is 0 Å². The molecule has 0 fully saturated rings. The van der Waals surface area contributed by atoms with E-state index in [1.165, 1.54) is 35.0 Å². The number of anilines is 1. The summed E-state index contributed by atoms with van der Waals surface area (Å²) in [6.45, 7) is 0. The van der Waals surface area contributed by atoms with Gasteiger partial charge in [0.15, 0.2) is 17.2 Å². The molecule has 0 saturated heterocycles. The number of hydrogen-bond acceptors (Lipinski definition) is 6. The van der Waals surface area contributed by atoms with Crippen LogP contribution in [-0.2, 0) is 7.05 Å². The molecule has 0 unspecified atom stereocenters. The molecular weight excluding hydrogens is 302 g/mol. The number of benzene rings is 1. The van der Waals surface area contributed by atoms with Crippen molar-refractivity contribution in [1.29, 1.82) is 0 Å². The van der Waals surface area contributed by atoms with E-state index in [1.54, 1.807) is 7.05 Å². The highest BCUT2D eigenvalue weighted by atomic mass is 16.6. The standard InChI is InChI=1S/C14H11N5O4/c1-18-13-11(12(15)17-18)9(6-10(16-13)14(20)21)7-2-4-8(5-3-7)19(22)23/h2-6H,1H3,(H2,15,17)(H,20,21). The number of carboxylic acid groups (broad SMARTS) is 1. The number of rotatable bonds is 3. The van der Waals surface area contributed by atoms with Crippen LogP contribution in [-0.4, -0.2) is 30.8 Å². The van der Waals surface area contributed by atoms with Gasteiger partial charge in [-0.05, 0) is 29.3 Å². The fourth-order valence-electron chi connectivity index (χ4n) is 2.38. The minimum absolute atomic E-state index is 0.0586. The van der Waals surface area contributed by atoms with Crippen LogP contribution in [0.2, 0.25) is 0 Å². The van der Waals surface area contributed by atoms with Crippen molar-refractivity contribution in [3.63, 3.8) is 0 Å².